The Kier molecular flexibility index (Phi) is 4.11. The fourth-order valence-corrected chi connectivity index (χ4v) is 3.23. The van der Waals surface area contributed by atoms with Gasteiger partial charge in [-0.1, -0.05) is 23.2 Å². The third kappa shape index (κ3) is 3.03. The van der Waals surface area contributed by atoms with Gasteiger partial charge in [0.25, 0.3) is 5.91 Å². The smallest absolute Gasteiger partial charge is 0.269 e. The van der Waals surface area contributed by atoms with Crippen molar-refractivity contribution in [1.82, 2.24) is 10.3 Å². The topological polar surface area (TPSA) is 65.1 Å². The molecule has 1 fully saturated rings. The highest BCUT2D eigenvalue weighted by molar-refractivity contribution is 6.39. The highest BCUT2D eigenvalue weighted by Crippen LogP contribution is 2.30. The van der Waals surface area contributed by atoms with E-state index >= 15 is 0 Å². The van der Waals surface area contributed by atoms with E-state index in [4.69, 9.17) is 23.2 Å². The molecule has 0 spiro atoms. The molecule has 0 unspecified atom stereocenters. The summed E-state index contributed by atoms with van der Waals surface area (Å²) in [6.45, 7) is 0. The quantitative estimate of drug-likeness (QED) is 0.790. The van der Waals surface area contributed by atoms with Gasteiger partial charge in [0.05, 0.1) is 11.1 Å². The number of rotatable bonds is 2. The molecule has 1 aliphatic carbocycles. The zero-order chi connectivity index (χ0) is 15.0. The Labute approximate surface area is 132 Å². The minimum atomic E-state index is -0.239. The van der Waals surface area contributed by atoms with Crippen molar-refractivity contribution in [2.24, 2.45) is 0 Å². The van der Waals surface area contributed by atoms with Crippen molar-refractivity contribution in [3.05, 3.63) is 33.9 Å². The molecule has 0 atom stereocenters. The lowest BCUT2D eigenvalue weighted by molar-refractivity contribution is 0.0864. The molecule has 0 radical (unpaired) electrons. The van der Waals surface area contributed by atoms with Crippen LogP contribution in [0.2, 0.25) is 10.0 Å². The van der Waals surface area contributed by atoms with Gasteiger partial charge in [-0.3, -0.25) is 4.79 Å². The van der Waals surface area contributed by atoms with E-state index in [2.05, 4.69) is 10.3 Å². The highest BCUT2D eigenvalue weighted by atomic mass is 35.5. The fraction of sp³-hybridized carbons (Fsp3) is 0.400. The molecule has 21 heavy (non-hydrogen) atoms. The molecule has 1 aromatic carbocycles. The molecule has 1 heterocycles. The van der Waals surface area contributed by atoms with E-state index in [9.17, 15) is 9.90 Å². The summed E-state index contributed by atoms with van der Waals surface area (Å²) in [4.78, 5) is 15.4. The number of fused-ring (bicyclic) bond motifs is 1. The Balaban J connectivity index is 1.80. The zero-order valence-electron chi connectivity index (χ0n) is 11.3. The molecule has 0 aliphatic heterocycles. The summed E-state index contributed by atoms with van der Waals surface area (Å²) in [5, 5.41) is 14.2. The number of benzene rings is 1. The summed E-state index contributed by atoms with van der Waals surface area (Å²) in [5.41, 5.74) is 1.15. The van der Waals surface area contributed by atoms with Crippen molar-refractivity contribution in [3.63, 3.8) is 0 Å². The SMILES string of the molecule is O=C(NC1CCC(O)CC1)c1[nH]c2ccc(Cl)cc2c1Cl. The van der Waals surface area contributed by atoms with Crippen molar-refractivity contribution in [2.45, 2.75) is 37.8 Å². The first-order valence-corrected chi connectivity index (χ1v) is 7.76. The number of halogens is 2. The van der Waals surface area contributed by atoms with E-state index in [0.717, 1.165) is 36.6 Å². The Morgan fingerprint density at radius 2 is 1.95 bits per heavy atom. The van der Waals surface area contributed by atoms with Crippen molar-refractivity contribution in [2.75, 3.05) is 0 Å². The summed E-state index contributed by atoms with van der Waals surface area (Å²) in [6.07, 6.45) is 2.78. The molecule has 4 nitrogen and oxygen atoms in total. The molecule has 1 aliphatic rings. The largest absolute Gasteiger partial charge is 0.393 e. The van der Waals surface area contributed by atoms with Gasteiger partial charge in [0.15, 0.2) is 0 Å². The lowest BCUT2D eigenvalue weighted by Crippen LogP contribution is -2.38. The van der Waals surface area contributed by atoms with Gasteiger partial charge in [-0.2, -0.15) is 0 Å². The average molecular weight is 327 g/mol. The first-order valence-electron chi connectivity index (χ1n) is 7.00. The second-order valence-electron chi connectivity index (χ2n) is 5.48. The van der Waals surface area contributed by atoms with E-state index in [0.29, 0.717) is 15.7 Å². The van der Waals surface area contributed by atoms with Crippen LogP contribution in [0.1, 0.15) is 36.2 Å². The lowest BCUT2D eigenvalue weighted by Gasteiger charge is -2.26. The van der Waals surface area contributed by atoms with Gasteiger partial charge in [-0.25, -0.2) is 0 Å². The first-order chi connectivity index (χ1) is 10.0. The number of aromatic nitrogens is 1. The monoisotopic (exact) mass is 326 g/mol. The van der Waals surface area contributed by atoms with Crippen LogP contribution in [0, 0.1) is 0 Å². The van der Waals surface area contributed by atoms with Crippen LogP contribution < -0.4 is 5.32 Å². The molecule has 6 heteroatoms. The van der Waals surface area contributed by atoms with E-state index in [1.807, 2.05) is 0 Å². The molecule has 2 aromatic rings. The van der Waals surface area contributed by atoms with E-state index < -0.39 is 0 Å². The van der Waals surface area contributed by atoms with E-state index in [1.54, 1.807) is 18.2 Å². The standard InChI is InChI=1S/C15H16Cl2N2O2/c16-8-1-6-12-11(7-8)13(17)14(19-12)15(21)18-9-2-4-10(20)5-3-9/h1,6-7,9-10,19-20H,2-5H2,(H,18,21). The Morgan fingerprint density at radius 3 is 2.67 bits per heavy atom. The molecule has 1 aromatic heterocycles. The minimum Gasteiger partial charge on any atom is -0.393 e. The molecular formula is C15H16Cl2N2O2. The number of carbonyl (C=O) groups is 1. The number of aromatic amines is 1. The number of hydrogen-bond acceptors (Lipinski definition) is 2. The predicted octanol–water partition coefficient (Wildman–Crippen LogP) is 3.51. The second-order valence-corrected chi connectivity index (χ2v) is 6.30. The summed E-state index contributed by atoms with van der Waals surface area (Å²) < 4.78 is 0. The van der Waals surface area contributed by atoms with Crippen molar-refractivity contribution >= 4 is 40.0 Å². The van der Waals surface area contributed by atoms with Crippen molar-refractivity contribution < 1.29 is 9.90 Å². The minimum absolute atomic E-state index is 0.0898. The Bertz CT molecular complexity index is 676. The van der Waals surface area contributed by atoms with Gasteiger partial charge in [-0.15, -0.1) is 0 Å². The van der Waals surface area contributed by atoms with Crippen LogP contribution >= 0.6 is 23.2 Å². The maximum absolute atomic E-state index is 12.3. The molecule has 3 rings (SSSR count). The number of amides is 1. The third-order valence-electron chi connectivity index (χ3n) is 3.96. The third-order valence-corrected chi connectivity index (χ3v) is 4.58. The molecule has 0 bridgehead atoms. The summed E-state index contributed by atoms with van der Waals surface area (Å²) >= 11 is 12.2. The highest BCUT2D eigenvalue weighted by Gasteiger charge is 2.23. The summed E-state index contributed by atoms with van der Waals surface area (Å²) in [5.74, 6) is -0.214. The van der Waals surface area contributed by atoms with Gasteiger partial charge in [-0.05, 0) is 43.9 Å². The number of hydrogen-bond donors (Lipinski definition) is 3. The normalized spacial score (nSPS) is 22.4. The van der Waals surface area contributed by atoms with Gasteiger partial charge < -0.3 is 15.4 Å². The van der Waals surface area contributed by atoms with Crippen LogP contribution in [-0.4, -0.2) is 28.1 Å². The van der Waals surface area contributed by atoms with Gasteiger partial charge in [0.2, 0.25) is 0 Å². The van der Waals surface area contributed by atoms with Crippen LogP contribution in [0.3, 0.4) is 0 Å². The van der Waals surface area contributed by atoms with Gasteiger partial charge >= 0.3 is 0 Å². The fourth-order valence-electron chi connectivity index (χ4n) is 2.77. The van der Waals surface area contributed by atoms with Crippen molar-refractivity contribution in [1.29, 1.82) is 0 Å². The molecular weight excluding hydrogens is 311 g/mol. The number of carbonyl (C=O) groups excluding carboxylic acids is 1. The lowest BCUT2D eigenvalue weighted by atomic mass is 9.93. The second kappa shape index (κ2) is 5.87. The Morgan fingerprint density at radius 1 is 1.24 bits per heavy atom. The molecule has 112 valence electrons. The number of aliphatic hydroxyl groups excluding tert-OH is 1. The van der Waals surface area contributed by atoms with Gasteiger partial charge in [0.1, 0.15) is 5.69 Å². The predicted molar refractivity (Wildman–Crippen MR) is 84.0 cm³/mol. The maximum Gasteiger partial charge on any atom is 0.269 e. The number of H-pyrrole nitrogens is 1. The van der Waals surface area contributed by atoms with Crippen LogP contribution in [0.25, 0.3) is 10.9 Å². The molecule has 1 saturated carbocycles. The van der Waals surface area contributed by atoms with Crippen LogP contribution in [0.15, 0.2) is 18.2 Å². The average Bonchev–Trinajstić information content (AvgIpc) is 2.79. The number of aliphatic hydroxyl groups is 1. The van der Waals surface area contributed by atoms with Crippen molar-refractivity contribution in [3.8, 4) is 0 Å². The molecule has 3 N–H and O–H groups in total. The maximum atomic E-state index is 12.3. The first kappa shape index (κ1) is 14.7. The van der Waals surface area contributed by atoms with Crippen LogP contribution in [0.5, 0.6) is 0 Å². The summed E-state index contributed by atoms with van der Waals surface area (Å²) in [7, 11) is 0. The van der Waals surface area contributed by atoms with Crippen LogP contribution in [0.4, 0.5) is 0 Å². The van der Waals surface area contributed by atoms with Crippen LogP contribution in [-0.2, 0) is 0 Å². The van der Waals surface area contributed by atoms with Gasteiger partial charge in [0, 0.05) is 22.0 Å². The number of nitrogens with one attached hydrogen (secondary N) is 2. The molecule has 0 saturated heterocycles. The summed E-state index contributed by atoms with van der Waals surface area (Å²) in [6, 6.07) is 5.38. The zero-order valence-corrected chi connectivity index (χ0v) is 12.8. The van der Waals surface area contributed by atoms with E-state index in [-0.39, 0.29) is 18.1 Å². The van der Waals surface area contributed by atoms with E-state index in [1.165, 1.54) is 0 Å². The molecule has 1 amide bonds. The Hall–Kier alpha value is -1.23.